The number of halogens is 1. The van der Waals surface area contributed by atoms with Gasteiger partial charge in [0.25, 0.3) is 0 Å². The first-order valence-electron chi connectivity index (χ1n) is 5.42. The van der Waals surface area contributed by atoms with E-state index in [9.17, 15) is 9.18 Å². The number of carbonyl (C=O) groups excluding carboxylic acids is 1. The SMILES string of the molecule is COC(=O)[C@H]1C[C@@H](Oc2cccc(F)c2)CN1. The fraction of sp³-hybridized carbons (Fsp3) is 0.417. The van der Waals surface area contributed by atoms with Crippen molar-refractivity contribution in [3.8, 4) is 5.75 Å². The van der Waals surface area contributed by atoms with Crippen LogP contribution in [0.3, 0.4) is 0 Å². The van der Waals surface area contributed by atoms with Crippen LogP contribution < -0.4 is 10.1 Å². The van der Waals surface area contributed by atoms with Gasteiger partial charge in [0.1, 0.15) is 23.7 Å². The first kappa shape index (κ1) is 11.9. The number of hydrogen-bond acceptors (Lipinski definition) is 4. The molecule has 1 heterocycles. The summed E-state index contributed by atoms with van der Waals surface area (Å²) < 4.78 is 23.1. The fourth-order valence-corrected chi connectivity index (χ4v) is 1.85. The second kappa shape index (κ2) is 5.14. The molecule has 5 heteroatoms. The molecule has 0 unspecified atom stereocenters. The Bertz CT molecular complexity index is 410. The normalized spacial score (nSPS) is 23.4. The van der Waals surface area contributed by atoms with Crippen molar-refractivity contribution in [3.05, 3.63) is 30.1 Å². The lowest BCUT2D eigenvalue weighted by molar-refractivity contribution is -0.142. The summed E-state index contributed by atoms with van der Waals surface area (Å²) in [5.74, 6) is -0.157. The molecule has 0 aromatic heterocycles. The van der Waals surface area contributed by atoms with E-state index in [0.29, 0.717) is 18.7 Å². The van der Waals surface area contributed by atoms with Crippen LogP contribution in [0.1, 0.15) is 6.42 Å². The molecule has 2 atom stereocenters. The van der Waals surface area contributed by atoms with Crippen LogP contribution in [0.15, 0.2) is 24.3 Å². The Morgan fingerprint density at radius 2 is 2.35 bits per heavy atom. The van der Waals surface area contributed by atoms with Crippen molar-refractivity contribution in [2.75, 3.05) is 13.7 Å². The van der Waals surface area contributed by atoms with Gasteiger partial charge in [-0.25, -0.2) is 4.39 Å². The van der Waals surface area contributed by atoms with Gasteiger partial charge in [0, 0.05) is 19.0 Å². The average Bonchev–Trinajstić information content (AvgIpc) is 2.76. The van der Waals surface area contributed by atoms with E-state index in [1.165, 1.54) is 19.2 Å². The zero-order chi connectivity index (χ0) is 12.3. The molecule has 1 aromatic rings. The molecule has 0 saturated carbocycles. The monoisotopic (exact) mass is 239 g/mol. The molecule has 0 bridgehead atoms. The highest BCUT2D eigenvalue weighted by Gasteiger charge is 2.31. The molecular weight excluding hydrogens is 225 g/mol. The molecule has 17 heavy (non-hydrogen) atoms. The first-order chi connectivity index (χ1) is 8.19. The van der Waals surface area contributed by atoms with Crippen molar-refractivity contribution in [1.29, 1.82) is 0 Å². The summed E-state index contributed by atoms with van der Waals surface area (Å²) >= 11 is 0. The number of methoxy groups -OCH3 is 1. The molecule has 0 aliphatic carbocycles. The van der Waals surface area contributed by atoms with Crippen molar-refractivity contribution in [3.63, 3.8) is 0 Å². The summed E-state index contributed by atoms with van der Waals surface area (Å²) in [5, 5.41) is 3.00. The predicted octanol–water partition coefficient (Wildman–Crippen LogP) is 1.11. The second-order valence-corrected chi connectivity index (χ2v) is 3.92. The maximum Gasteiger partial charge on any atom is 0.323 e. The second-order valence-electron chi connectivity index (χ2n) is 3.92. The van der Waals surface area contributed by atoms with Gasteiger partial charge in [-0.2, -0.15) is 0 Å². The maximum atomic E-state index is 12.9. The zero-order valence-electron chi connectivity index (χ0n) is 9.48. The van der Waals surface area contributed by atoms with E-state index in [1.54, 1.807) is 12.1 Å². The van der Waals surface area contributed by atoms with Gasteiger partial charge in [0.2, 0.25) is 0 Å². The smallest absolute Gasteiger partial charge is 0.323 e. The van der Waals surface area contributed by atoms with Gasteiger partial charge in [-0.15, -0.1) is 0 Å². The number of nitrogens with one attached hydrogen (secondary N) is 1. The Kier molecular flexibility index (Phi) is 3.58. The van der Waals surface area contributed by atoms with Gasteiger partial charge >= 0.3 is 5.97 Å². The molecule has 1 aromatic carbocycles. The maximum absolute atomic E-state index is 12.9. The van der Waals surface area contributed by atoms with Gasteiger partial charge in [-0.05, 0) is 12.1 Å². The van der Waals surface area contributed by atoms with E-state index >= 15 is 0 Å². The van der Waals surface area contributed by atoms with Crippen molar-refractivity contribution < 1.29 is 18.7 Å². The van der Waals surface area contributed by atoms with Gasteiger partial charge in [-0.1, -0.05) is 6.07 Å². The molecule has 0 amide bonds. The Labute approximate surface area is 98.7 Å². The third-order valence-corrected chi connectivity index (χ3v) is 2.68. The molecule has 1 aliphatic heterocycles. The predicted molar refractivity (Wildman–Crippen MR) is 59.2 cm³/mol. The lowest BCUT2D eigenvalue weighted by atomic mass is 10.2. The third-order valence-electron chi connectivity index (χ3n) is 2.68. The Hall–Kier alpha value is -1.62. The number of hydrogen-bond donors (Lipinski definition) is 1. The minimum absolute atomic E-state index is 0.138. The molecule has 4 nitrogen and oxygen atoms in total. The third kappa shape index (κ3) is 2.94. The molecule has 1 N–H and O–H groups in total. The molecular formula is C12H14FNO3. The summed E-state index contributed by atoms with van der Waals surface area (Å²) in [6.45, 7) is 0.552. The lowest BCUT2D eigenvalue weighted by Gasteiger charge is -2.12. The van der Waals surface area contributed by atoms with E-state index in [2.05, 4.69) is 10.1 Å². The van der Waals surface area contributed by atoms with Crippen LogP contribution in [-0.2, 0) is 9.53 Å². The van der Waals surface area contributed by atoms with Gasteiger partial charge in [-0.3, -0.25) is 4.79 Å². The first-order valence-corrected chi connectivity index (χ1v) is 5.42. The quantitative estimate of drug-likeness (QED) is 0.803. The van der Waals surface area contributed by atoms with Crippen LogP contribution in [0.2, 0.25) is 0 Å². The van der Waals surface area contributed by atoms with Gasteiger partial charge in [0.15, 0.2) is 0 Å². The highest BCUT2D eigenvalue weighted by atomic mass is 19.1. The zero-order valence-corrected chi connectivity index (χ0v) is 9.48. The highest BCUT2D eigenvalue weighted by molar-refractivity contribution is 5.76. The largest absolute Gasteiger partial charge is 0.489 e. The van der Waals surface area contributed by atoms with Crippen molar-refractivity contribution in [2.45, 2.75) is 18.6 Å². The molecule has 1 saturated heterocycles. The van der Waals surface area contributed by atoms with E-state index in [0.717, 1.165) is 0 Å². The summed E-state index contributed by atoms with van der Waals surface area (Å²) in [6, 6.07) is 5.63. The van der Waals surface area contributed by atoms with Crippen molar-refractivity contribution >= 4 is 5.97 Å². The molecule has 1 fully saturated rings. The van der Waals surface area contributed by atoms with E-state index in [-0.39, 0.29) is 23.9 Å². The molecule has 0 spiro atoms. The molecule has 0 radical (unpaired) electrons. The lowest BCUT2D eigenvalue weighted by Crippen LogP contribution is -2.31. The van der Waals surface area contributed by atoms with Gasteiger partial charge in [0.05, 0.1) is 7.11 Å². The summed E-state index contributed by atoms with van der Waals surface area (Å²) in [4.78, 5) is 11.3. The van der Waals surface area contributed by atoms with Crippen molar-refractivity contribution in [1.82, 2.24) is 5.32 Å². The van der Waals surface area contributed by atoms with Crippen LogP contribution >= 0.6 is 0 Å². The molecule has 1 aliphatic rings. The summed E-state index contributed by atoms with van der Waals surface area (Å²) in [5.41, 5.74) is 0. The van der Waals surface area contributed by atoms with Gasteiger partial charge < -0.3 is 14.8 Å². The standard InChI is InChI=1S/C12H14FNO3/c1-16-12(15)11-6-10(7-14-11)17-9-4-2-3-8(13)5-9/h2-5,10-11,14H,6-7H2,1H3/t10-,11-/m1/s1. The minimum atomic E-state index is -0.335. The topological polar surface area (TPSA) is 47.6 Å². The number of benzene rings is 1. The molecule has 2 rings (SSSR count). The summed E-state index contributed by atoms with van der Waals surface area (Å²) in [7, 11) is 1.35. The number of rotatable bonds is 3. The Morgan fingerprint density at radius 1 is 1.53 bits per heavy atom. The summed E-state index contributed by atoms with van der Waals surface area (Å²) in [6.07, 6.45) is 0.393. The Morgan fingerprint density at radius 3 is 3.06 bits per heavy atom. The van der Waals surface area contributed by atoms with Crippen LogP contribution in [0, 0.1) is 5.82 Å². The van der Waals surface area contributed by atoms with Crippen LogP contribution in [-0.4, -0.2) is 31.8 Å². The van der Waals surface area contributed by atoms with Crippen molar-refractivity contribution in [2.24, 2.45) is 0 Å². The number of ether oxygens (including phenoxy) is 2. The highest BCUT2D eigenvalue weighted by Crippen LogP contribution is 2.18. The van der Waals surface area contributed by atoms with Crippen LogP contribution in [0.4, 0.5) is 4.39 Å². The fourth-order valence-electron chi connectivity index (χ4n) is 1.85. The average molecular weight is 239 g/mol. The number of esters is 1. The Balaban J connectivity index is 1.92. The van der Waals surface area contributed by atoms with Crippen LogP contribution in [0.5, 0.6) is 5.75 Å². The minimum Gasteiger partial charge on any atom is -0.489 e. The van der Waals surface area contributed by atoms with E-state index in [4.69, 9.17) is 4.74 Å². The molecule has 92 valence electrons. The van der Waals surface area contributed by atoms with E-state index < -0.39 is 0 Å². The number of carbonyl (C=O) groups is 1. The van der Waals surface area contributed by atoms with E-state index in [1.807, 2.05) is 0 Å². The van der Waals surface area contributed by atoms with Crippen LogP contribution in [0.25, 0.3) is 0 Å².